The van der Waals surface area contributed by atoms with Gasteiger partial charge in [0.05, 0.1) is 43.0 Å². The van der Waals surface area contributed by atoms with Crippen molar-refractivity contribution in [3.05, 3.63) is 0 Å². The third kappa shape index (κ3) is 7.87. The van der Waals surface area contributed by atoms with Crippen molar-refractivity contribution in [2.75, 3.05) is 6.61 Å². The van der Waals surface area contributed by atoms with E-state index in [2.05, 4.69) is 39.9 Å². The molecule has 1 aliphatic carbocycles. The molecule has 2 aliphatic rings. The lowest BCUT2D eigenvalue weighted by molar-refractivity contribution is -0.194. The average Bonchev–Trinajstić information content (AvgIpc) is 2.69. The third-order valence-corrected chi connectivity index (χ3v) is 6.99. The van der Waals surface area contributed by atoms with Crippen LogP contribution in [0.2, 0.25) is 0 Å². The number of amides is 1. The van der Waals surface area contributed by atoms with Crippen LogP contribution in [0, 0.1) is 16.2 Å². The van der Waals surface area contributed by atoms with E-state index in [4.69, 9.17) is 9.47 Å². The van der Waals surface area contributed by atoms with Gasteiger partial charge in [0, 0.05) is 0 Å². The first kappa shape index (κ1) is 29.5. The van der Waals surface area contributed by atoms with Gasteiger partial charge in [-0.15, -0.1) is 0 Å². The number of ether oxygens (including phenoxy) is 2. The maximum Gasteiger partial charge on any atom is 0.223 e. The molecule has 200 valence electrons. The summed E-state index contributed by atoms with van der Waals surface area (Å²) in [6, 6.07) is -0.756. The van der Waals surface area contributed by atoms with Crippen LogP contribution in [0.4, 0.5) is 0 Å². The van der Waals surface area contributed by atoms with Crippen molar-refractivity contribution in [3.8, 4) is 0 Å². The second kappa shape index (κ2) is 10.3. The van der Waals surface area contributed by atoms with Gasteiger partial charge in [0.2, 0.25) is 5.91 Å². The number of rotatable bonds is 5. The Morgan fingerprint density at radius 1 is 0.971 bits per heavy atom. The first-order valence-corrected chi connectivity index (χ1v) is 12.5. The number of carbonyl (C=O) groups excluding carboxylic acids is 1. The monoisotopic (exact) mass is 487 g/mol. The summed E-state index contributed by atoms with van der Waals surface area (Å²) < 4.78 is 12.5. The molecule has 7 unspecified atom stereocenters. The molecule has 1 saturated carbocycles. The van der Waals surface area contributed by atoms with E-state index in [0.717, 1.165) is 6.42 Å². The minimum absolute atomic E-state index is 0.00134. The van der Waals surface area contributed by atoms with Gasteiger partial charge in [-0.1, -0.05) is 48.5 Å². The molecule has 0 spiro atoms. The van der Waals surface area contributed by atoms with Gasteiger partial charge >= 0.3 is 0 Å². The van der Waals surface area contributed by atoms with Crippen LogP contribution < -0.4 is 5.32 Å². The van der Waals surface area contributed by atoms with Crippen molar-refractivity contribution in [1.82, 2.24) is 5.32 Å². The Bertz CT molecular complexity index is 700. The van der Waals surface area contributed by atoms with Crippen molar-refractivity contribution in [1.29, 1.82) is 0 Å². The smallest absolute Gasteiger partial charge is 0.223 e. The highest BCUT2D eigenvalue weighted by Gasteiger charge is 2.47. The van der Waals surface area contributed by atoms with Gasteiger partial charge < -0.3 is 35.2 Å². The molecule has 1 aliphatic heterocycles. The molecule has 1 saturated heterocycles. The number of aliphatic hydroxyl groups is 4. The lowest BCUT2D eigenvalue weighted by Gasteiger charge is -2.47. The van der Waals surface area contributed by atoms with E-state index in [1.165, 1.54) is 0 Å². The molecule has 8 heteroatoms. The molecule has 2 fully saturated rings. The number of hydrogen-bond donors (Lipinski definition) is 5. The van der Waals surface area contributed by atoms with Gasteiger partial charge in [0.25, 0.3) is 0 Å². The normalized spacial score (nSPS) is 37.3. The molecule has 0 aromatic rings. The van der Waals surface area contributed by atoms with E-state index in [1.807, 2.05) is 27.7 Å². The molecular formula is C26H49NO7. The van der Waals surface area contributed by atoms with Crippen molar-refractivity contribution >= 4 is 5.91 Å². The first-order chi connectivity index (χ1) is 15.2. The summed E-state index contributed by atoms with van der Waals surface area (Å²) in [5, 5.41) is 45.6. The van der Waals surface area contributed by atoms with Crippen LogP contribution in [-0.2, 0) is 14.3 Å². The topological polar surface area (TPSA) is 128 Å². The minimum Gasteiger partial charge on any atom is -0.390 e. The van der Waals surface area contributed by atoms with Gasteiger partial charge in [0.15, 0.2) is 0 Å². The highest BCUT2D eigenvalue weighted by molar-refractivity contribution is 5.77. The van der Waals surface area contributed by atoms with Gasteiger partial charge in [0.1, 0.15) is 18.3 Å². The standard InChI is InChI=1S/C26H49NO7/c1-23(2,3)14-25(6,7)22-19(30)15(27-18(29)12-26(8,9)34-22)13-33-17-11-24(4,5)10-16(28)20(31)21(17)32/h15-17,19-22,28,30-32H,10-14H2,1-9H3,(H,27,29). The Labute approximate surface area is 205 Å². The van der Waals surface area contributed by atoms with Crippen LogP contribution >= 0.6 is 0 Å². The van der Waals surface area contributed by atoms with Crippen molar-refractivity contribution in [2.24, 2.45) is 16.2 Å². The fourth-order valence-electron chi connectivity index (χ4n) is 5.89. The Morgan fingerprint density at radius 3 is 2.12 bits per heavy atom. The van der Waals surface area contributed by atoms with Gasteiger partial charge in [-0.3, -0.25) is 4.79 Å². The quantitative estimate of drug-likeness (QED) is 0.376. The Hall–Kier alpha value is -0.770. The summed E-state index contributed by atoms with van der Waals surface area (Å²) in [4.78, 5) is 12.7. The lowest BCUT2D eigenvalue weighted by atomic mass is 9.70. The molecule has 7 atom stereocenters. The maximum absolute atomic E-state index is 12.7. The highest BCUT2D eigenvalue weighted by Crippen LogP contribution is 2.42. The fraction of sp³-hybridized carbons (Fsp3) is 0.962. The number of carbonyl (C=O) groups is 1. The lowest BCUT2D eigenvalue weighted by Crippen LogP contribution is -2.61. The van der Waals surface area contributed by atoms with E-state index < -0.39 is 53.7 Å². The molecule has 34 heavy (non-hydrogen) atoms. The summed E-state index contributed by atoms with van der Waals surface area (Å²) >= 11 is 0. The largest absolute Gasteiger partial charge is 0.390 e. The molecule has 0 bridgehead atoms. The summed E-state index contributed by atoms with van der Waals surface area (Å²) in [6.07, 6.45) is -4.35. The molecule has 0 aromatic heterocycles. The predicted molar refractivity (Wildman–Crippen MR) is 130 cm³/mol. The molecule has 1 amide bonds. The fourth-order valence-corrected chi connectivity index (χ4v) is 5.89. The van der Waals surface area contributed by atoms with Crippen LogP contribution in [0.3, 0.4) is 0 Å². The first-order valence-electron chi connectivity index (χ1n) is 12.5. The van der Waals surface area contributed by atoms with E-state index >= 15 is 0 Å². The van der Waals surface area contributed by atoms with Crippen LogP contribution in [0.5, 0.6) is 0 Å². The zero-order chi connectivity index (χ0) is 26.3. The van der Waals surface area contributed by atoms with Crippen LogP contribution in [0.25, 0.3) is 0 Å². The van der Waals surface area contributed by atoms with Gasteiger partial charge in [-0.25, -0.2) is 0 Å². The molecule has 1 heterocycles. The van der Waals surface area contributed by atoms with E-state index in [0.29, 0.717) is 12.8 Å². The van der Waals surface area contributed by atoms with Crippen molar-refractivity contribution < 1.29 is 34.7 Å². The van der Waals surface area contributed by atoms with Gasteiger partial charge in [-0.2, -0.15) is 0 Å². The zero-order valence-electron chi connectivity index (χ0n) is 22.6. The van der Waals surface area contributed by atoms with Crippen LogP contribution in [-0.4, -0.2) is 81.2 Å². The average molecular weight is 488 g/mol. The van der Waals surface area contributed by atoms with E-state index in [-0.39, 0.29) is 29.8 Å². The van der Waals surface area contributed by atoms with Crippen molar-refractivity contribution in [2.45, 2.75) is 136 Å². The summed E-state index contributed by atoms with van der Waals surface area (Å²) in [5.74, 6) is -0.248. The Morgan fingerprint density at radius 2 is 1.56 bits per heavy atom. The Kier molecular flexibility index (Phi) is 8.93. The predicted octanol–water partition coefficient (Wildman–Crippen LogP) is 2.15. The second-order valence-electron chi connectivity index (χ2n) is 13.9. The third-order valence-electron chi connectivity index (χ3n) is 6.99. The molecule has 2 rings (SSSR count). The molecular weight excluding hydrogens is 438 g/mol. The molecule has 0 radical (unpaired) electrons. The summed E-state index contributed by atoms with van der Waals surface area (Å²) in [7, 11) is 0. The number of aliphatic hydroxyl groups excluding tert-OH is 4. The van der Waals surface area contributed by atoms with Crippen LogP contribution in [0.1, 0.15) is 88.0 Å². The van der Waals surface area contributed by atoms with E-state index in [9.17, 15) is 25.2 Å². The summed E-state index contributed by atoms with van der Waals surface area (Å²) in [6.45, 7) is 18.1. The second-order valence-corrected chi connectivity index (χ2v) is 13.9. The molecule has 8 nitrogen and oxygen atoms in total. The minimum atomic E-state index is -1.33. The zero-order valence-corrected chi connectivity index (χ0v) is 22.6. The summed E-state index contributed by atoms with van der Waals surface area (Å²) in [5.41, 5.74) is -1.52. The molecule has 5 N–H and O–H groups in total. The highest BCUT2D eigenvalue weighted by atomic mass is 16.5. The van der Waals surface area contributed by atoms with E-state index in [1.54, 1.807) is 0 Å². The number of hydrogen-bond acceptors (Lipinski definition) is 7. The SMILES string of the molecule is CC(C)(C)CC(C)(C)C1OC(C)(C)CC(=O)NC(COC2CC(C)(C)CC(O)C(O)C2O)C1O. The maximum atomic E-state index is 12.7. The number of nitrogens with one attached hydrogen (secondary N) is 1. The van der Waals surface area contributed by atoms with Crippen molar-refractivity contribution in [3.63, 3.8) is 0 Å². The Balaban J connectivity index is 2.27. The molecule has 0 aromatic carbocycles. The van der Waals surface area contributed by atoms with Gasteiger partial charge in [-0.05, 0) is 49.4 Å². The van der Waals surface area contributed by atoms with Crippen LogP contribution in [0.15, 0.2) is 0 Å².